The quantitative estimate of drug-likeness (QED) is 0.840. The minimum absolute atomic E-state index is 0.00340. The summed E-state index contributed by atoms with van der Waals surface area (Å²) in [5.74, 6) is -0.340. The van der Waals surface area contributed by atoms with Gasteiger partial charge in [0, 0.05) is 5.69 Å². The van der Waals surface area contributed by atoms with Crippen LogP contribution in [0.25, 0.3) is 0 Å². The number of rotatable bonds is 3. The minimum atomic E-state index is -3.27. The first kappa shape index (κ1) is 11.0. The maximum absolute atomic E-state index is 12.8. The van der Waals surface area contributed by atoms with Crippen LogP contribution >= 0.6 is 0 Å². The van der Waals surface area contributed by atoms with E-state index in [0.717, 1.165) is 0 Å². The molecule has 0 bridgehead atoms. The average Bonchev–Trinajstić information content (AvgIpc) is 2.11. The van der Waals surface area contributed by atoms with Crippen LogP contribution in [0.1, 0.15) is 12.5 Å². The zero-order chi connectivity index (χ0) is 10.8. The summed E-state index contributed by atoms with van der Waals surface area (Å²) in [5.41, 5.74) is 0.812. The van der Waals surface area contributed by atoms with Gasteiger partial charge in [0.2, 0.25) is 10.0 Å². The van der Waals surface area contributed by atoms with Gasteiger partial charge in [-0.1, -0.05) is 0 Å². The van der Waals surface area contributed by atoms with Crippen molar-refractivity contribution in [2.75, 3.05) is 10.5 Å². The van der Waals surface area contributed by atoms with Gasteiger partial charge < -0.3 is 0 Å². The van der Waals surface area contributed by atoms with E-state index in [4.69, 9.17) is 0 Å². The van der Waals surface area contributed by atoms with E-state index in [-0.39, 0.29) is 11.6 Å². The van der Waals surface area contributed by atoms with E-state index >= 15 is 0 Å². The summed E-state index contributed by atoms with van der Waals surface area (Å²) < 4.78 is 37.5. The summed E-state index contributed by atoms with van der Waals surface area (Å²) in [7, 11) is -3.27. The van der Waals surface area contributed by atoms with Crippen molar-refractivity contribution >= 4 is 15.7 Å². The number of sulfonamides is 1. The third kappa shape index (κ3) is 2.70. The molecule has 0 aromatic heterocycles. The fourth-order valence-electron chi connectivity index (χ4n) is 0.960. The van der Waals surface area contributed by atoms with Crippen molar-refractivity contribution in [2.24, 2.45) is 0 Å². The van der Waals surface area contributed by atoms with Gasteiger partial charge in [0.1, 0.15) is 5.82 Å². The first-order valence-corrected chi connectivity index (χ1v) is 5.86. The van der Waals surface area contributed by atoms with Crippen LogP contribution in [0.3, 0.4) is 0 Å². The SMILES string of the molecule is CCS(=O)(=O)Nc1ccc(F)c(C)c1. The molecule has 1 rings (SSSR count). The zero-order valence-electron chi connectivity index (χ0n) is 8.04. The lowest BCUT2D eigenvalue weighted by atomic mass is 10.2. The minimum Gasteiger partial charge on any atom is -0.284 e. The first-order chi connectivity index (χ1) is 6.44. The van der Waals surface area contributed by atoms with Crippen LogP contribution in [0.4, 0.5) is 10.1 Å². The molecule has 3 nitrogen and oxygen atoms in total. The van der Waals surface area contributed by atoms with Gasteiger partial charge in [-0.05, 0) is 37.6 Å². The molecule has 14 heavy (non-hydrogen) atoms. The van der Waals surface area contributed by atoms with Gasteiger partial charge >= 0.3 is 0 Å². The molecule has 0 heterocycles. The number of benzene rings is 1. The van der Waals surface area contributed by atoms with Crippen LogP contribution in [0.2, 0.25) is 0 Å². The number of halogens is 1. The molecule has 1 N–H and O–H groups in total. The van der Waals surface area contributed by atoms with Crippen LogP contribution in [-0.4, -0.2) is 14.2 Å². The van der Waals surface area contributed by atoms with Crippen molar-refractivity contribution in [3.63, 3.8) is 0 Å². The lowest BCUT2D eigenvalue weighted by molar-refractivity contribution is 0.602. The molecule has 0 amide bonds. The van der Waals surface area contributed by atoms with E-state index in [0.29, 0.717) is 11.3 Å². The number of nitrogens with one attached hydrogen (secondary N) is 1. The number of anilines is 1. The van der Waals surface area contributed by atoms with Gasteiger partial charge in [-0.15, -0.1) is 0 Å². The summed E-state index contributed by atoms with van der Waals surface area (Å²) in [5, 5.41) is 0. The Morgan fingerprint density at radius 1 is 1.43 bits per heavy atom. The lowest BCUT2D eigenvalue weighted by Crippen LogP contribution is -2.14. The van der Waals surface area contributed by atoms with Gasteiger partial charge in [0.05, 0.1) is 5.75 Å². The van der Waals surface area contributed by atoms with Crippen LogP contribution in [-0.2, 0) is 10.0 Å². The normalized spacial score (nSPS) is 11.4. The second-order valence-corrected chi connectivity index (χ2v) is 4.98. The summed E-state index contributed by atoms with van der Waals surface area (Å²) in [4.78, 5) is 0. The molecule has 0 unspecified atom stereocenters. The lowest BCUT2D eigenvalue weighted by Gasteiger charge is -2.06. The fraction of sp³-hybridized carbons (Fsp3) is 0.333. The summed E-state index contributed by atoms with van der Waals surface area (Å²) >= 11 is 0. The van der Waals surface area contributed by atoms with Gasteiger partial charge in [-0.25, -0.2) is 12.8 Å². The maximum Gasteiger partial charge on any atom is 0.232 e. The van der Waals surface area contributed by atoms with E-state index in [2.05, 4.69) is 4.72 Å². The summed E-state index contributed by atoms with van der Waals surface area (Å²) in [6.07, 6.45) is 0. The molecule has 1 aromatic rings. The van der Waals surface area contributed by atoms with Crippen molar-refractivity contribution < 1.29 is 12.8 Å². The van der Waals surface area contributed by atoms with E-state index in [1.807, 2.05) is 0 Å². The molecule has 0 saturated heterocycles. The highest BCUT2D eigenvalue weighted by Gasteiger charge is 2.07. The van der Waals surface area contributed by atoms with Crippen LogP contribution < -0.4 is 4.72 Å². The van der Waals surface area contributed by atoms with Gasteiger partial charge in [-0.3, -0.25) is 4.72 Å². The van der Waals surface area contributed by atoms with Crippen molar-refractivity contribution in [1.82, 2.24) is 0 Å². The molecule has 5 heteroatoms. The smallest absolute Gasteiger partial charge is 0.232 e. The Morgan fingerprint density at radius 3 is 2.57 bits per heavy atom. The second-order valence-electron chi connectivity index (χ2n) is 2.97. The molecule has 0 fully saturated rings. The fourth-order valence-corrected chi connectivity index (χ4v) is 1.59. The molecule has 0 saturated carbocycles. The van der Waals surface area contributed by atoms with E-state index in [9.17, 15) is 12.8 Å². The third-order valence-electron chi connectivity index (χ3n) is 1.81. The largest absolute Gasteiger partial charge is 0.284 e. The van der Waals surface area contributed by atoms with Crippen molar-refractivity contribution in [3.8, 4) is 0 Å². The van der Waals surface area contributed by atoms with E-state index in [1.54, 1.807) is 13.8 Å². The molecule has 0 radical (unpaired) electrons. The predicted molar refractivity (Wildman–Crippen MR) is 54.2 cm³/mol. The van der Waals surface area contributed by atoms with Gasteiger partial charge in [0.25, 0.3) is 0 Å². The molecule has 0 spiro atoms. The van der Waals surface area contributed by atoms with Crippen molar-refractivity contribution in [1.29, 1.82) is 0 Å². The van der Waals surface area contributed by atoms with Crippen LogP contribution in [0.15, 0.2) is 18.2 Å². The Hall–Kier alpha value is -1.10. The van der Waals surface area contributed by atoms with E-state index < -0.39 is 10.0 Å². The molecule has 0 atom stereocenters. The monoisotopic (exact) mass is 217 g/mol. The van der Waals surface area contributed by atoms with Gasteiger partial charge in [0.15, 0.2) is 0 Å². The molecule has 0 aliphatic carbocycles. The first-order valence-electron chi connectivity index (χ1n) is 4.21. The second kappa shape index (κ2) is 3.96. The topological polar surface area (TPSA) is 46.2 Å². The average molecular weight is 217 g/mol. The highest BCUT2D eigenvalue weighted by atomic mass is 32.2. The van der Waals surface area contributed by atoms with Crippen molar-refractivity contribution in [2.45, 2.75) is 13.8 Å². The molecule has 1 aromatic carbocycles. The number of hydrogen-bond donors (Lipinski definition) is 1. The number of aryl methyl sites for hydroxylation is 1. The highest BCUT2D eigenvalue weighted by Crippen LogP contribution is 2.14. The summed E-state index contributed by atoms with van der Waals surface area (Å²) in [6.45, 7) is 3.12. The Kier molecular flexibility index (Phi) is 3.10. The van der Waals surface area contributed by atoms with Crippen LogP contribution in [0.5, 0.6) is 0 Å². The molecular formula is C9H12FNO2S. The highest BCUT2D eigenvalue weighted by molar-refractivity contribution is 7.92. The maximum atomic E-state index is 12.8. The Morgan fingerprint density at radius 2 is 2.07 bits per heavy atom. The number of hydrogen-bond acceptors (Lipinski definition) is 2. The zero-order valence-corrected chi connectivity index (χ0v) is 8.86. The van der Waals surface area contributed by atoms with Gasteiger partial charge in [-0.2, -0.15) is 0 Å². The standard InChI is InChI=1S/C9H12FNO2S/c1-3-14(12,13)11-8-4-5-9(10)7(2)6-8/h4-6,11H,3H2,1-2H3. The van der Waals surface area contributed by atoms with Crippen molar-refractivity contribution in [3.05, 3.63) is 29.6 Å². The Labute approximate surface area is 83.0 Å². The molecular weight excluding hydrogens is 205 g/mol. The third-order valence-corrected chi connectivity index (χ3v) is 3.12. The Balaban J connectivity index is 2.94. The van der Waals surface area contributed by atoms with E-state index in [1.165, 1.54) is 18.2 Å². The van der Waals surface area contributed by atoms with Crippen LogP contribution in [0, 0.1) is 12.7 Å². The Bertz CT molecular complexity index is 428. The molecule has 78 valence electrons. The summed E-state index contributed by atoms with van der Waals surface area (Å²) in [6, 6.07) is 4.10. The molecule has 0 aliphatic heterocycles. The molecule has 0 aliphatic rings. The predicted octanol–water partition coefficient (Wildman–Crippen LogP) is 1.90.